The summed E-state index contributed by atoms with van der Waals surface area (Å²) in [7, 11) is 0. The van der Waals surface area contributed by atoms with Crippen LogP contribution in [0.5, 0.6) is 0 Å². The minimum absolute atomic E-state index is 0.106. The van der Waals surface area contributed by atoms with Gasteiger partial charge in [-0.25, -0.2) is 0 Å². The van der Waals surface area contributed by atoms with Crippen molar-refractivity contribution in [1.82, 2.24) is 4.90 Å². The van der Waals surface area contributed by atoms with E-state index in [1.165, 1.54) is 12.1 Å². The molecule has 0 bridgehead atoms. The summed E-state index contributed by atoms with van der Waals surface area (Å²) in [5.74, 6) is 0.169. The predicted molar refractivity (Wildman–Crippen MR) is 78.0 cm³/mol. The highest BCUT2D eigenvalue weighted by molar-refractivity contribution is 5.94. The van der Waals surface area contributed by atoms with E-state index in [1.807, 2.05) is 4.90 Å². The van der Waals surface area contributed by atoms with Crippen LogP contribution in [-0.2, 0) is 4.79 Å². The zero-order valence-electron chi connectivity index (χ0n) is 11.7. The fourth-order valence-electron chi connectivity index (χ4n) is 2.61. The zero-order valence-corrected chi connectivity index (χ0v) is 11.7. The molecule has 1 aliphatic heterocycles. The van der Waals surface area contributed by atoms with Crippen molar-refractivity contribution < 1.29 is 14.8 Å². The van der Waals surface area contributed by atoms with Crippen LogP contribution in [0, 0.1) is 16.0 Å². The molecule has 1 saturated heterocycles. The van der Waals surface area contributed by atoms with E-state index in [9.17, 15) is 14.9 Å². The molecule has 1 unspecified atom stereocenters. The lowest BCUT2D eigenvalue weighted by atomic mass is 10.1. The number of para-hydroxylation sites is 2. The maximum atomic E-state index is 12.0. The van der Waals surface area contributed by atoms with E-state index in [0.29, 0.717) is 5.92 Å². The number of likely N-dealkylation sites (tertiary alicyclic amines) is 1. The van der Waals surface area contributed by atoms with Gasteiger partial charge in [-0.15, -0.1) is 0 Å². The van der Waals surface area contributed by atoms with Crippen LogP contribution in [0.15, 0.2) is 24.3 Å². The average molecular weight is 293 g/mol. The molecule has 7 nitrogen and oxygen atoms in total. The van der Waals surface area contributed by atoms with Crippen molar-refractivity contribution in [2.75, 3.05) is 31.6 Å². The number of nitro groups is 1. The van der Waals surface area contributed by atoms with Gasteiger partial charge in [0.25, 0.3) is 5.69 Å². The first-order valence-electron chi connectivity index (χ1n) is 6.96. The largest absolute Gasteiger partial charge is 0.396 e. The first-order valence-corrected chi connectivity index (χ1v) is 6.96. The summed E-state index contributed by atoms with van der Waals surface area (Å²) in [6.07, 6.45) is 1.72. The van der Waals surface area contributed by atoms with Crippen molar-refractivity contribution in [1.29, 1.82) is 0 Å². The van der Waals surface area contributed by atoms with E-state index in [2.05, 4.69) is 5.32 Å². The number of hydrogen-bond acceptors (Lipinski definition) is 5. The topological polar surface area (TPSA) is 95.7 Å². The van der Waals surface area contributed by atoms with Gasteiger partial charge in [0.1, 0.15) is 5.69 Å². The number of aliphatic hydroxyl groups excluding tert-OH is 1. The highest BCUT2D eigenvalue weighted by atomic mass is 16.6. The summed E-state index contributed by atoms with van der Waals surface area (Å²) in [4.78, 5) is 24.4. The Hall–Kier alpha value is -1.99. The number of nitrogens with one attached hydrogen (secondary N) is 1. The summed E-state index contributed by atoms with van der Waals surface area (Å²) in [5, 5.41) is 22.4. The summed E-state index contributed by atoms with van der Waals surface area (Å²) in [5.41, 5.74) is 0.115. The predicted octanol–water partition coefficient (Wildman–Crippen LogP) is 1.24. The summed E-state index contributed by atoms with van der Waals surface area (Å²) in [6.45, 7) is 1.98. The average Bonchev–Trinajstić information content (AvgIpc) is 2.86. The monoisotopic (exact) mass is 293 g/mol. The van der Waals surface area contributed by atoms with Crippen LogP contribution in [0.1, 0.15) is 12.8 Å². The molecule has 1 fully saturated rings. The molecular weight excluding hydrogens is 274 g/mol. The number of nitro benzene ring substituents is 1. The quantitative estimate of drug-likeness (QED) is 0.607. The van der Waals surface area contributed by atoms with Gasteiger partial charge >= 0.3 is 0 Å². The number of carbonyl (C=O) groups is 1. The third-order valence-electron chi connectivity index (χ3n) is 3.65. The van der Waals surface area contributed by atoms with Gasteiger partial charge in [0.2, 0.25) is 5.91 Å². The molecule has 0 saturated carbocycles. The van der Waals surface area contributed by atoms with Gasteiger partial charge in [-0.05, 0) is 31.4 Å². The molecular formula is C14H19N3O4. The first kappa shape index (κ1) is 15.4. The molecule has 0 aliphatic carbocycles. The molecule has 1 aromatic carbocycles. The molecule has 2 rings (SSSR count). The number of benzene rings is 1. The van der Waals surface area contributed by atoms with Crippen LogP contribution in [0.4, 0.5) is 11.4 Å². The number of carbonyl (C=O) groups excluding carboxylic acids is 1. The van der Waals surface area contributed by atoms with Crippen molar-refractivity contribution in [3.63, 3.8) is 0 Å². The van der Waals surface area contributed by atoms with Crippen LogP contribution in [0.3, 0.4) is 0 Å². The minimum Gasteiger partial charge on any atom is -0.396 e. The van der Waals surface area contributed by atoms with E-state index in [4.69, 9.17) is 5.11 Å². The fraction of sp³-hybridized carbons (Fsp3) is 0.500. The highest BCUT2D eigenvalue weighted by Gasteiger charge is 2.24. The van der Waals surface area contributed by atoms with Gasteiger partial charge in [-0.1, -0.05) is 12.1 Å². The Kier molecular flexibility index (Phi) is 5.24. The molecule has 1 heterocycles. The molecule has 0 aromatic heterocycles. The molecule has 1 amide bonds. The van der Waals surface area contributed by atoms with E-state index in [1.54, 1.807) is 12.1 Å². The van der Waals surface area contributed by atoms with Crippen molar-refractivity contribution in [2.45, 2.75) is 12.8 Å². The Morgan fingerprint density at radius 2 is 2.24 bits per heavy atom. The van der Waals surface area contributed by atoms with Crippen molar-refractivity contribution in [3.8, 4) is 0 Å². The van der Waals surface area contributed by atoms with Crippen LogP contribution in [-0.4, -0.2) is 47.1 Å². The van der Waals surface area contributed by atoms with Crippen LogP contribution >= 0.6 is 0 Å². The number of anilines is 1. The van der Waals surface area contributed by atoms with E-state index in [0.717, 1.165) is 25.9 Å². The number of nitrogens with zero attached hydrogens (tertiary/aromatic N) is 2. The van der Waals surface area contributed by atoms with E-state index in [-0.39, 0.29) is 30.4 Å². The van der Waals surface area contributed by atoms with Crippen LogP contribution in [0.2, 0.25) is 0 Å². The van der Waals surface area contributed by atoms with Gasteiger partial charge in [0, 0.05) is 19.2 Å². The number of amides is 1. The number of hydrogen-bond donors (Lipinski definition) is 2. The van der Waals surface area contributed by atoms with Gasteiger partial charge in [-0.2, -0.15) is 0 Å². The molecule has 2 N–H and O–H groups in total. The second kappa shape index (κ2) is 7.14. The Morgan fingerprint density at radius 1 is 1.48 bits per heavy atom. The Balaban J connectivity index is 1.90. The minimum atomic E-state index is -0.511. The smallest absolute Gasteiger partial charge is 0.292 e. The zero-order chi connectivity index (χ0) is 15.2. The van der Waals surface area contributed by atoms with Gasteiger partial charge in [0.05, 0.1) is 11.5 Å². The second-order valence-corrected chi connectivity index (χ2v) is 5.22. The third-order valence-corrected chi connectivity index (χ3v) is 3.65. The summed E-state index contributed by atoms with van der Waals surface area (Å²) in [6, 6.07) is 6.10. The number of rotatable bonds is 6. The maximum Gasteiger partial charge on any atom is 0.292 e. The van der Waals surface area contributed by atoms with Gasteiger partial charge < -0.3 is 10.4 Å². The standard InChI is InChI=1S/C14H19N3O4/c18-8-6-11-5-7-16(9-11)10-14(19)15-12-3-1-2-4-13(12)17(20)21/h1-4,11,18H,5-10H2,(H,15,19). The maximum absolute atomic E-state index is 12.0. The normalized spacial score (nSPS) is 18.6. The van der Waals surface area contributed by atoms with Crippen LogP contribution in [0.25, 0.3) is 0 Å². The molecule has 0 radical (unpaired) electrons. The molecule has 21 heavy (non-hydrogen) atoms. The molecule has 7 heteroatoms. The summed E-state index contributed by atoms with van der Waals surface area (Å²) >= 11 is 0. The van der Waals surface area contributed by atoms with Crippen molar-refractivity contribution in [3.05, 3.63) is 34.4 Å². The first-order chi connectivity index (χ1) is 10.1. The molecule has 1 atom stereocenters. The van der Waals surface area contributed by atoms with E-state index < -0.39 is 4.92 Å². The lowest BCUT2D eigenvalue weighted by Gasteiger charge is -2.15. The third kappa shape index (κ3) is 4.24. The lowest BCUT2D eigenvalue weighted by molar-refractivity contribution is -0.383. The van der Waals surface area contributed by atoms with E-state index >= 15 is 0 Å². The lowest BCUT2D eigenvalue weighted by Crippen LogP contribution is -2.31. The Morgan fingerprint density at radius 3 is 2.95 bits per heavy atom. The SMILES string of the molecule is O=C(CN1CCC(CCO)C1)Nc1ccccc1[N+](=O)[O-]. The van der Waals surface area contributed by atoms with Crippen molar-refractivity contribution >= 4 is 17.3 Å². The van der Waals surface area contributed by atoms with Gasteiger partial charge in [-0.3, -0.25) is 19.8 Å². The molecule has 1 aliphatic rings. The van der Waals surface area contributed by atoms with Crippen LogP contribution < -0.4 is 5.32 Å². The highest BCUT2D eigenvalue weighted by Crippen LogP contribution is 2.23. The van der Waals surface area contributed by atoms with Gasteiger partial charge in [0.15, 0.2) is 0 Å². The Bertz CT molecular complexity index is 521. The molecule has 1 aromatic rings. The van der Waals surface area contributed by atoms with Crippen molar-refractivity contribution in [2.24, 2.45) is 5.92 Å². The fourth-order valence-corrected chi connectivity index (χ4v) is 2.61. The summed E-state index contributed by atoms with van der Waals surface area (Å²) < 4.78 is 0. The Labute approximate surface area is 122 Å². The molecule has 114 valence electrons. The second-order valence-electron chi connectivity index (χ2n) is 5.22. The molecule has 0 spiro atoms. The number of aliphatic hydroxyl groups is 1.